The highest BCUT2D eigenvalue weighted by atomic mass is 35.5. The third kappa shape index (κ3) is 3.31. The van der Waals surface area contributed by atoms with Crippen molar-refractivity contribution in [1.82, 2.24) is 0 Å². The number of anilines is 2. The molecule has 0 aliphatic carbocycles. The Kier molecular flexibility index (Phi) is 4.16. The van der Waals surface area contributed by atoms with Crippen molar-refractivity contribution in [2.45, 2.75) is 25.7 Å². The normalized spacial score (nSPS) is 11.4. The van der Waals surface area contributed by atoms with Gasteiger partial charge in [-0.3, -0.25) is 4.72 Å². The maximum atomic E-state index is 12.5. The van der Waals surface area contributed by atoms with Crippen molar-refractivity contribution < 1.29 is 8.42 Å². The van der Waals surface area contributed by atoms with E-state index >= 15 is 0 Å². The van der Waals surface area contributed by atoms with Gasteiger partial charge in [-0.1, -0.05) is 23.7 Å². The lowest BCUT2D eigenvalue weighted by molar-refractivity contribution is 0.601. The molecule has 2 aromatic carbocycles. The van der Waals surface area contributed by atoms with Crippen LogP contribution >= 0.6 is 11.6 Å². The van der Waals surface area contributed by atoms with Crippen molar-refractivity contribution in [2.75, 3.05) is 10.5 Å². The van der Waals surface area contributed by atoms with Gasteiger partial charge < -0.3 is 5.73 Å². The summed E-state index contributed by atoms with van der Waals surface area (Å²) in [5.41, 5.74) is 9.17. The molecule has 0 saturated heterocycles. The summed E-state index contributed by atoms with van der Waals surface area (Å²) >= 11 is 6.01. The highest BCUT2D eigenvalue weighted by Crippen LogP contribution is 2.28. The van der Waals surface area contributed by atoms with Crippen LogP contribution in [0.4, 0.5) is 11.4 Å². The number of sulfonamides is 1. The van der Waals surface area contributed by atoms with Crippen LogP contribution in [-0.2, 0) is 10.0 Å². The first-order valence-electron chi connectivity index (χ1n) is 6.36. The van der Waals surface area contributed by atoms with Crippen LogP contribution in [0, 0.1) is 20.8 Å². The van der Waals surface area contributed by atoms with Crippen molar-refractivity contribution in [3.05, 3.63) is 52.0 Å². The van der Waals surface area contributed by atoms with Gasteiger partial charge in [0, 0.05) is 10.7 Å². The molecule has 0 aliphatic heterocycles. The quantitative estimate of drug-likeness (QED) is 0.846. The molecule has 112 valence electrons. The third-order valence-corrected chi connectivity index (χ3v) is 5.04. The number of benzene rings is 2. The lowest BCUT2D eigenvalue weighted by atomic mass is 10.1. The zero-order valence-corrected chi connectivity index (χ0v) is 13.6. The van der Waals surface area contributed by atoms with Crippen LogP contribution in [0.15, 0.2) is 35.2 Å². The predicted molar refractivity (Wildman–Crippen MR) is 87.3 cm³/mol. The SMILES string of the molecule is Cc1ccc(C)c(NS(=O)(=O)c2cc(N)c(C)c(Cl)c2)c1. The highest BCUT2D eigenvalue weighted by molar-refractivity contribution is 7.92. The molecular weight excluding hydrogens is 308 g/mol. The van der Waals surface area contributed by atoms with Crippen LogP contribution in [0.2, 0.25) is 5.02 Å². The summed E-state index contributed by atoms with van der Waals surface area (Å²) in [5, 5.41) is 0.330. The molecule has 4 nitrogen and oxygen atoms in total. The molecule has 0 spiro atoms. The van der Waals surface area contributed by atoms with E-state index in [1.807, 2.05) is 26.0 Å². The van der Waals surface area contributed by atoms with Gasteiger partial charge >= 0.3 is 0 Å². The molecule has 0 fully saturated rings. The van der Waals surface area contributed by atoms with Gasteiger partial charge in [0.15, 0.2) is 0 Å². The lowest BCUT2D eigenvalue weighted by Crippen LogP contribution is -2.14. The third-order valence-electron chi connectivity index (χ3n) is 3.31. The van der Waals surface area contributed by atoms with Crippen LogP contribution in [0.25, 0.3) is 0 Å². The van der Waals surface area contributed by atoms with E-state index in [2.05, 4.69) is 4.72 Å². The standard InChI is InChI=1S/C15H17ClN2O2S/c1-9-4-5-10(2)15(6-9)18-21(19,20)12-7-13(16)11(3)14(17)8-12/h4-8,18H,17H2,1-3H3. The minimum atomic E-state index is -3.73. The molecule has 0 atom stereocenters. The van der Waals surface area contributed by atoms with Gasteiger partial charge in [0.1, 0.15) is 0 Å². The predicted octanol–water partition coefficient (Wildman–Crippen LogP) is 3.65. The van der Waals surface area contributed by atoms with E-state index in [4.69, 9.17) is 17.3 Å². The Morgan fingerprint density at radius 3 is 2.38 bits per heavy atom. The average molecular weight is 325 g/mol. The van der Waals surface area contributed by atoms with Gasteiger partial charge in [0.2, 0.25) is 0 Å². The fourth-order valence-electron chi connectivity index (χ4n) is 1.88. The first-order valence-corrected chi connectivity index (χ1v) is 8.22. The second kappa shape index (κ2) is 5.58. The van der Waals surface area contributed by atoms with Crippen molar-refractivity contribution in [2.24, 2.45) is 0 Å². The molecular formula is C15H17ClN2O2S. The molecule has 3 N–H and O–H groups in total. The van der Waals surface area contributed by atoms with Gasteiger partial charge in [-0.05, 0) is 55.7 Å². The molecule has 0 saturated carbocycles. The second-order valence-electron chi connectivity index (χ2n) is 5.04. The topological polar surface area (TPSA) is 72.2 Å². The van der Waals surface area contributed by atoms with Crippen LogP contribution < -0.4 is 10.5 Å². The first kappa shape index (κ1) is 15.7. The Bertz CT molecular complexity index is 778. The summed E-state index contributed by atoms with van der Waals surface area (Å²) in [5.74, 6) is 0. The number of nitrogens with two attached hydrogens (primary N) is 1. The maximum Gasteiger partial charge on any atom is 0.262 e. The van der Waals surface area contributed by atoms with E-state index in [9.17, 15) is 8.42 Å². The van der Waals surface area contributed by atoms with E-state index in [1.165, 1.54) is 12.1 Å². The molecule has 21 heavy (non-hydrogen) atoms. The number of hydrogen-bond donors (Lipinski definition) is 2. The Balaban J connectivity index is 2.46. The molecule has 0 amide bonds. The van der Waals surface area contributed by atoms with E-state index < -0.39 is 10.0 Å². The van der Waals surface area contributed by atoms with Crippen LogP contribution in [-0.4, -0.2) is 8.42 Å². The molecule has 0 aliphatic rings. The number of halogens is 1. The summed E-state index contributed by atoms with van der Waals surface area (Å²) < 4.78 is 27.5. The first-order chi connectivity index (χ1) is 9.70. The summed E-state index contributed by atoms with van der Waals surface area (Å²) in [7, 11) is -3.73. The van der Waals surface area contributed by atoms with Crippen molar-refractivity contribution in [3.63, 3.8) is 0 Å². The number of rotatable bonds is 3. The number of aryl methyl sites for hydroxylation is 2. The van der Waals surface area contributed by atoms with Crippen molar-refractivity contribution in [3.8, 4) is 0 Å². The molecule has 0 radical (unpaired) electrons. The monoisotopic (exact) mass is 324 g/mol. The Labute approximate surface area is 130 Å². The number of hydrogen-bond acceptors (Lipinski definition) is 3. The lowest BCUT2D eigenvalue weighted by Gasteiger charge is -2.13. The summed E-state index contributed by atoms with van der Waals surface area (Å²) in [6, 6.07) is 8.39. The van der Waals surface area contributed by atoms with Crippen LogP contribution in [0.5, 0.6) is 0 Å². The van der Waals surface area contributed by atoms with E-state index in [0.29, 0.717) is 22.0 Å². The fourth-order valence-corrected chi connectivity index (χ4v) is 3.35. The minimum absolute atomic E-state index is 0.0523. The zero-order chi connectivity index (χ0) is 15.8. The molecule has 0 bridgehead atoms. The van der Waals surface area contributed by atoms with Gasteiger partial charge in [0.05, 0.1) is 10.6 Å². The Hall–Kier alpha value is -1.72. The zero-order valence-electron chi connectivity index (χ0n) is 12.1. The summed E-state index contributed by atoms with van der Waals surface area (Å²) in [6.45, 7) is 5.48. The highest BCUT2D eigenvalue weighted by Gasteiger charge is 2.18. The van der Waals surface area contributed by atoms with Crippen LogP contribution in [0.3, 0.4) is 0 Å². The van der Waals surface area contributed by atoms with Gasteiger partial charge in [-0.15, -0.1) is 0 Å². The molecule has 0 unspecified atom stereocenters. The van der Waals surface area contributed by atoms with E-state index in [-0.39, 0.29) is 4.90 Å². The molecule has 0 aromatic heterocycles. The van der Waals surface area contributed by atoms with Gasteiger partial charge in [-0.2, -0.15) is 0 Å². The summed E-state index contributed by atoms with van der Waals surface area (Å²) in [6.07, 6.45) is 0. The van der Waals surface area contributed by atoms with Crippen LogP contribution in [0.1, 0.15) is 16.7 Å². The van der Waals surface area contributed by atoms with Gasteiger partial charge in [-0.25, -0.2) is 8.42 Å². The molecule has 6 heteroatoms. The summed E-state index contributed by atoms with van der Waals surface area (Å²) in [4.78, 5) is 0.0523. The molecule has 2 aromatic rings. The van der Waals surface area contributed by atoms with E-state index in [0.717, 1.165) is 11.1 Å². The number of nitrogen functional groups attached to an aromatic ring is 1. The van der Waals surface area contributed by atoms with E-state index in [1.54, 1.807) is 13.0 Å². The minimum Gasteiger partial charge on any atom is -0.398 e. The maximum absolute atomic E-state index is 12.5. The smallest absolute Gasteiger partial charge is 0.262 e. The Morgan fingerprint density at radius 1 is 1.10 bits per heavy atom. The molecule has 0 heterocycles. The number of nitrogens with one attached hydrogen (secondary N) is 1. The average Bonchev–Trinajstić information content (AvgIpc) is 2.39. The van der Waals surface area contributed by atoms with Crippen molar-refractivity contribution in [1.29, 1.82) is 0 Å². The molecule has 2 rings (SSSR count). The van der Waals surface area contributed by atoms with Crippen molar-refractivity contribution >= 4 is 33.0 Å². The largest absolute Gasteiger partial charge is 0.398 e. The fraction of sp³-hybridized carbons (Fsp3) is 0.200. The Morgan fingerprint density at radius 2 is 1.76 bits per heavy atom. The van der Waals surface area contributed by atoms with Gasteiger partial charge in [0.25, 0.3) is 10.0 Å². The second-order valence-corrected chi connectivity index (χ2v) is 7.13.